The van der Waals surface area contributed by atoms with Crippen molar-refractivity contribution in [1.82, 2.24) is 0 Å². The van der Waals surface area contributed by atoms with Crippen LogP contribution >= 0.6 is 11.6 Å². The average Bonchev–Trinajstić information content (AvgIpc) is 2.35. The number of rotatable bonds is 4. The third-order valence-corrected chi connectivity index (χ3v) is 3.63. The average molecular weight is 272 g/mol. The minimum atomic E-state index is -0.379. The van der Waals surface area contributed by atoms with E-state index in [0.717, 1.165) is 31.4 Å². The van der Waals surface area contributed by atoms with Gasteiger partial charge in [-0.2, -0.15) is 0 Å². The molecule has 1 heterocycles. The van der Waals surface area contributed by atoms with Gasteiger partial charge >= 0.3 is 0 Å². The van der Waals surface area contributed by atoms with Crippen LogP contribution in [-0.2, 0) is 11.2 Å². The van der Waals surface area contributed by atoms with E-state index in [0.29, 0.717) is 6.42 Å². The molecular formula is C14H19ClFNO. The Kier molecular flexibility index (Phi) is 4.98. The predicted octanol–water partition coefficient (Wildman–Crippen LogP) is 3.31. The zero-order valence-corrected chi connectivity index (χ0v) is 11.1. The van der Waals surface area contributed by atoms with Gasteiger partial charge in [-0.25, -0.2) is 4.39 Å². The molecule has 1 fully saturated rings. The van der Waals surface area contributed by atoms with Crippen LogP contribution in [0.1, 0.15) is 31.2 Å². The van der Waals surface area contributed by atoms with E-state index < -0.39 is 0 Å². The van der Waals surface area contributed by atoms with E-state index in [1.165, 1.54) is 12.5 Å². The summed E-state index contributed by atoms with van der Waals surface area (Å²) in [6.07, 6.45) is 5.22. The van der Waals surface area contributed by atoms with Gasteiger partial charge in [0.05, 0.1) is 11.1 Å². The van der Waals surface area contributed by atoms with Crippen LogP contribution in [0.4, 0.5) is 4.39 Å². The second-order valence-corrected chi connectivity index (χ2v) is 5.34. The molecule has 1 aromatic carbocycles. The van der Waals surface area contributed by atoms with Crippen molar-refractivity contribution in [3.8, 4) is 0 Å². The Balaban J connectivity index is 1.85. The zero-order chi connectivity index (χ0) is 13.0. The lowest BCUT2D eigenvalue weighted by Crippen LogP contribution is -2.31. The summed E-state index contributed by atoms with van der Waals surface area (Å²) in [4.78, 5) is 0. The van der Waals surface area contributed by atoms with Gasteiger partial charge in [-0.05, 0) is 49.8 Å². The van der Waals surface area contributed by atoms with Crippen LogP contribution in [0, 0.1) is 5.82 Å². The standard InChI is InChI=1S/C14H19ClFNO/c15-13-5-4-10(8-14(13)16)7-11(17)9-12-3-1-2-6-18-12/h4-5,8,11-12H,1-3,6-7,9,17H2. The molecule has 2 unspecified atom stereocenters. The largest absolute Gasteiger partial charge is 0.378 e. The highest BCUT2D eigenvalue weighted by Gasteiger charge is 2.17. The highest BCUT2D eigenvalue weighted by atomic mass is 35.5. The van der Waals surface area contributed by atoms with Crippen molar-refractivity contribution in [2.45, 2.75) is 44.2 Å². The molecule has 4 heteroatoms. The van der Waals surface area contributed by atoms with E-state index in [1.807, 2.05) is 6.07 Å². The van der Waals surface area contributed by atoms with E-state index in [9.17, 15) is 4.39 Å². The van der Waals surface area contributed by atoms with Gasteiger partial charge in [0.1, 0.15) is 5.82 Å². The highest BCUT2D eigenvalue weighted by molar-refractivity contribution is 6.30. The number of halogens is 2. The van der Waals surface area contributed by atoms with Crippen LogP contribution in [-0.4, -0.2) is 18.8 Å². The van der Waals surface area contributed by atoms with Gasteiger partial charge in [0, 0.05) is 12.6 Å². The summed E-state index contributed by atoms with van der Waals surface area (Å²) in [6, 6.07) is 4.88. The van der Waals surface area contributed by atoms with E-state index in [4.69, 9.17) is 22.1 Å². The first-order valence-corrected chi connectivity index (χ1v) is 6.84. The number of nitrogens with two attached hydrogens (primary N) is 1. The third-order valence-electron chi connectivity index (χ3n) is 3.32. The summed E-state index contributed by atoms with van der Waals surface area (Å²) in [6.45, 7) is 0.840. The van der Waals surface area contributed by atoms with Crippen LogP contribution in [0.3, 0.4) is 0 Å². The number of hydrogen-bond acceptors (Lipinski definition) is 2. The van der Waals surface area contributed by atoms with Crippen LogP contribution in [0.15, 0.2) is 18.2 Å². The monoisotopic (exact) mass is 271 g/mol. The van der Waals surface area contributed by atoms with Gasteiger partial charge in [0.25, 0.3) is 0 Å². The Labute approximate surface area is 112 Å². The van der Waals surface area contributed by atoms with Crippen LogP contribution in [0.2, 0.25) is 5.02 Å². The van der Waals surface area contributed by atoms with Crippen LogP contribution < -0.4 is 5.73 Å². The van der Waals surface area contributed by atoms with E-state index >= 15 is 0 Å². The summed E-state index contributed by atoms with van der Waals surface area (Å²) in [5.41, 5.74) is 6.98. The van der Waals surface area contributed by atoms with Crippen molar-refractivity contribution >= 4 is 11.6 Å². The molecule has 0 amide bonds. The number of ether oxygens (including phenoxy) is 1. The highest BCUT2D eigenvalue weighted by Crippen LogP contribution is 2.20. The molecule has 18 heavy (non-hydrogen) atoms. The van der Waals surface area contributed by atoms with Crippen molar-refractivity contribution < 1.29 is 9.13 Å². The van der Waals surface area contributed by atoms with Crippen molar-refractivity contribution in [1.29, 1.82) is 0 Å². The number of benzene rings is 1. The maximum Gasteiger partial charge on any atom is 0.142 e. The Morgan fingerprint density at radius 2 is 2.28 bits per heavy atom. The Morgan fingerprint density at radius 1 is 1.44 bits per heavy atom. The van der Waals surface area contributed by atoms with E-state index in [2.05, 4.69) is 0 Å². The lowest BCUT2D eigenvalue weighted by molar-refractivity contribution is 0.00747. The van der Waals surface area contributed by atoms with Gasteiger partial charge < -0.3 is 10.5 Å². The maximum atomic E-state index is 13.3. The molecular weight excluding hydrogens is 253 g/mol. The second kappa shape index (κ2) is 6.50. The predicted molar refractivity (Wildman–Crippen MR) is 71.3 cm³/mol. The molecule has 2 N–H and O–H groups in total. The molecule has 1 aromatic rings. The van der Waals surface area contributed by atoms with Gasteiger partial charge in [-0.3, -0.25) is 0 Å². The normalized spacial score (nSPS) is 21.8. The molecule has 0 radical (unpaired) electrons. The van der Waals surface area contributed by atoms with Crippen LogP contribution in [0.25, 0.3) is 0 Å². The van der Waals surface area contributed by atoms with Crippen LogP contribution in [0.5, 0.6) is 0 Å². The van der Waals surface area contributed by atoms with Crippen molar-refractivity contribution in [2.75, 3.05) is 6.61 Å². The first kappa shape index (κ1) is 13.8. The molecule has 2 nitrogen and oxygen atoms in total. The SMILES string of the molecule is NC(Cc1ccc(Cl)c(F)c1)CC1CCCCO1. The molecule has 1 aliphatic rings. The molecule has 2 rings (SSSR count). The van der Waals surface area contributed by atoms with Gasteiger partial charge in [0.2, 0.25) is 0 Å². The fourth-order valence-electron chi connectivity index (χ4n) is 2.38. The molecule has 2 atom stereocenters. The number of hydrogen-bond donors (Lipinski definition) is 1. The van der Waals surface area contributed by atoms with Gasteiger partial charge in [-0.1, -0.05) is 17.7 Å². The molecule has 100 valence electrons. The Bertz CT molecular complexity index is 393. The molecule has 1 saturated heterocycles. The second-order valence-electron chi connectivity index (χ2n) is 4.94. The zero-order valence-electron chi connectivity index (χ0n) is 10.4. The summed E-state index contributed by atoms with van der Waals surface area (Å²) >= 11 is 5.65. The molecule has 0 aliphatic carbocycles. The topological polar surface area (TPSA) is 35.2 Å². The minimum Gasteiger partial charge on any atom is -0.378 e. The lowest BCUT2D eigenvalue weighted by Gasteiger charge is -2.25. The van der Waals surface area contributed by atoms with Gasteiger partial charge in [-0.15, -0.1) is 0 Å². The fraction of sp³-hybridized carbons (Fsp3) is 0.571. The molecule has 1 aliphatic heterocycles. The first-order valence-electron chi connectivity index (χ1n) is 6.46. The lowest BCUT2D eigenvalue weighted by atomic mass is 9.97. The molecule has 0 spiro atoms. The smallest absolute Gasteiger partial charge is 0.142 e. The Morgan fingerprint density at radius 3 is 2.94 bits per heavy atom. The van der Waals surface area contributed by atoms with E-state index in [1.54, 1.807) is 6.07 Å². The maximum absolute atomic E-state index is 13.3. The van der Waals surface area contributed by atoms with Crippen molar-refractivity contribution in [3.05, 3.63) is 34.6 Å². The fourth-order valence-corrected chi connectivity index (χ4v) is 2.50. The summed E-state index contributed by atoms with van der Waals surface area (Å²) in [5.74, 6) is -0.379. The van der Waals surface area contributed by atoms with Gasteiger partial charge in [0.15, 0.2) is 0 Å². The summed E-state index contributed by atoms with van der Waals surface area (Å²) in [7, 11) is 0. The van der Waals surface area contributed by atoms with E-state index in [-0.39, 0.29) is 23.0 Å². The van der Waals surface area contributed by atoms with Crippen molar-refractivity contribution in [2.24, 2.45) is 5.73 Å². The molecule has 0 saturated carbocycles. The third kappa shape index (κ3) is 3.94. The summed E-state index contributed by atoms with van der Waals surface area (Å²) < 4.78 is 18.9. The Hall–Kier alpha value is -0.640. The van der Waals surface area contributed by atoms with Crippen molar-refractivity contribution in [3.63, 3.8) is 0 Å². The molecule has 0 aromatic heterocycles. The summed E-state index contributed by atoms with van der Waals surface area (Å²) in [5, 5.41) is 0.155. The quantitative estimate of drug-likeness (QED) is 0.912. The minimum absolute atomic E-state index is 0.00803. The first-order chi connectivity index (χ1) is 8.65. The molecule has 0 bridgehead atoms.